The molecule has 0 saturated carbocycles. The fraction of sp³-hybridized carbons (Fsp3) is 0.0667. The van der Waals surface area contributed by atoms with Crippen LogP contribution in [0.25, 0.3) is 0 Å². The lowest BCUT2D eigenvalue weighted by molar-refractivity contribution is -0.113. The molecule has 21 heavy (non-hydrogen) atoms. The lowest BCUT2D eigenvalue weighted by Gasteiger charge is -2.07. The van der Waals surface area contributed by atoms with E-state index in [2.05, 4.69) is 21.2 Å². The molecule has 0 radical (unpaired) electrons. The first-order valence-electron chi connectivity index (χ1n) is 6.06. The fourth-order valence-corrected chi connectivity index (χ4v) is 3.10. The van der Waals surface area contributed by atoms with Crippen LogP contribution in [0.2, 0.25) is 0 Å². The monoisotopic (exact) mass is 361 g/mol. The molecule has 0 aliphatic rings. The summed E-state index contributed by atoms with van der Waals surface area (Å²) in [6.07, 6.45) is 0. The summed E-state index contributed by atoms with van der Waals surface area (Å²) in [5.74, 6) is 0.151. The molecule has 6 heteroatoms. The van der Waals surface area contributed by atoms with E-state index in [1.165, 1.54) is 11.8 Å². The van der Waals surface area contributed by atoms with E-state index in [0.717, 1.165) is 9.37 Å². The zero-order chi connectivity index (χ0) is 15.2. The van der Waals surface area contributed by atoms with E-state index in [0.29, 0.717) is 16.9 Å². The lowest BCUT2D eigenvalue weighted by atomic mass is 10.2. The number of nitrogen functional groups attached to an aromatic ring is 1. The predicted octanol–water partition coefficient (Wildman–Crippen LogP) is 3.63. The summed E-state index contributed by atoms with van der Waals surface area (Å²) in [4.78, 5) is 12.9. The van der Waals surface area contributed by atoms with Crippen molar-refractivity contribution in [3.8, 4) is 6.07 Å². The molecule has 1 amide bonds. The molecular formula is C15H12BrN3OS. The van der Waals surface area contributed by atoms with Gasteiger partial charge in [0.1, 0.15) is 0 Å². The average Bonchev–Trinajstić information content (AvgIpc) is 2.46. The number of nitrogens with one attached hydrogen (secondary N) is 1. The van der Waals surface area contributed by atoms with Gasteiger partial charge in [-0.25, -0.2) is 0 Å². The maximum atomic E-state index is 11.9. The van der Waals surface area contributed by atoms with Gasteiger partial charge in [-0.15, -0.1) is 11.8 Å². The van der Waals surface area contributed by atoms with Gasteiger partial charge >= 0.3 is 0 Å². The maximum absolute atomic E-state index is 11.9. The van der Waals surface area contributed by atoms with Crippen molar-refractivity contribution in [3.63, 3.8) is 0 Å². The largest absolute Gasteiger partial charge is 0.399 e. The number of halogens is 1. The number of carbonyl (C=O) groups is 1. The number of anilines is 2. The number of carbonyl (C=O) groups excluding carboxylic acids is 1. The molecule has 2 aromatic rings. The molecule has 0 spiro atoms. The molecule has 3 N–H and O–H groups in total. The summed E-state index contributed by atoms with van der Waals surface area (Å²) in [6.45, 7) is 0. The fourth-order valence-electron chi connectivity index (χ4n) is 1.64. The first-order valence-corrected chi connectivity index (χ1v) is 7.84. The molecule has 0 aliphatic carbocycles. The average molecular weight is 362 g/mol. The Bertz CT molecular complexity index is 712. The van der Waals surface area contributed by atoms with E-state index in [-0.39, 0.29) is 11.7 Å². The maximum Gasteiger partial charge on any atom is 0.234 e. The predicted molar refractivity (Wildman–Crippen MR) is 89.1 cm³/mol. The molecule has 0 unspecified atom stereocenters. The minimum atomic E-state index is -0.126. The topological polar surface area (TPSA) is 78.9 Å². The molecular weight excluding hydrogens is 350 g/mol. The van der Waals surface area contributed by atoms with E-state index >= 15 is 0 Å². The number of nitriles is 1. The van der Waals surface area contributed by atoms with Crippen molar-refractivity contribution in [2.24, 2.45) is 0 Å². The highest BCUT2D eigenvalue weighted by molar-refractivity contribution is 9.10. The number of nitrogens with zero attached hydrogens (tertiary/aromatic N) is 1. The Hall–Kier alpha value is -1.97. The molecule has 2 rings (SSSR count). The second-order valence-electron chi connectivity index (χ2n) is 4.22. The van der Waals surface area contributed by atoms with Crippen molar-refractivity contribution in [2.75, 3.05) is 16.8 Å². The van der Waals surface area contributed by atoms with Gasteiger partial charge in [0.2, 0.25) is 5.91 Å². The van der Waals surface area contributed by atoms with Gasteiger partial charge in [-0.2, -0.15) is 5.26 Å². The van der Waals surface area contributed by atoms with Crippen molar-refractivity contribution in [2.45, 2.75) is 4.90 Å². The molecule has 0 fully saturated rings. The first kappa shape index (κ1) is 15.4. The number of thioether (sulfide) groups is 1. The SMILES string of the molecule is N#Cc1cccc(NC(=O)CSc2ccc(N)cc2Br)c1. The molecule has 0 bridgehead atoms. The zero-order valence-corrected chi connectivity index (χ0v) is 13.4. The summed E-state index contributed by atoms with van der Waals surface area (Å²) in [6, 6.07) is 14.3. The van der Waals surface area contributed by atoms with Crippen LogP contribution in [0.4, 0.5) is 11.4 Å². The molecule has 106 valence electrons. The number of hydrogen-bond donors (Lipinski definition) is 2. The third kappa shape index (κ3) is 4.52. The second-order valence-corrected chi connectivity index (χ2v) is 6.09. The van der Waals surface area contributed by atoms with Crippen molar-refractivity contribution >= 4 is 45.0 Å². The molecule has 0 saturated heterocycles. The number of rotatable bonds is 4. The number of nitrogens with two attached hydrogens (primary N) is 1. The smallest absolute Gasteiger partial charge is 0.234 e. The second kappa shape index (κ2) is 7.16. The summed E-state index contributed by atoms with van der Waals surface area (Å²) in [7, 11) is 0. The quantitative estimate of drug-likeness (QED) is 0.643. The van der Waals surface area contributed by atoms with E-state index in [4.69, 9.17) is 11.0 Å². The third-order valence-electron chi connectivity index (χ3n) is 2.59. The van der Waals surface area contributed by atoms with Gasteiger partial charge in [0.15, 0.2) is 0 Å². The Morgan fingerprint density at radius 1 is 1.33 bits per heavy atom. The van der Waals surface area contributed by atoms with Gasteiger partial charge in [0.05, 0.1) is 17.4 Å². The van der Waals surface area contributed by atoms with Crippen molar-refractivity contribution in [1.82, 2.24) is 0 Å². The molecule has 4 nitrogen and oxygen atoms in total. The normalized spacial score (nSPS) is 9.90. The van der Waals surface area contributed by atoms with E-state index in [9.17, 15) is 4.79 Å². The number of benzene rings is 2. The minimum absolute atomic E-state index is 0.126. The van der Waals surface area contributed by atoms with Crippen LogP contribution in [-0.4, -0.2) is 11.7 Å². The number of hydrogen-bond acceptors (Lipinski definition) is 4. The molecule has 0 aromatic heterocycles. The molecule has 0 aliphatic heterocycles. The van der Waals surface area contributed by atoms with Crippen molar-refractivity contribution in [3.05, 3.63) is 52.5 Å². The van der Waals surface area contributed by atoms with Gasteiger partial charge in [0, 0.05) is 20.7 Å². The van der Waals surface area contributed by atoms with Gasteiger partial charge in [0.25, 0.3) is 0 Å². The zero-order valence-electron chi connectivity index (χ0n) is 11.0. The Morgan fingerprint density at radius 2 is 2.14 bits per heavy atom. The van der Waals surface area contributed by atoms with Crippen LogP contribution in [0.5, 0.6) is 0 Å². The highest BCUT2D eigenvalue weighted by Crippen LogP contribution is 2.29. The van der Waals surface area contributed by atoms with Crippen LogP contribution in [0, 0.1) is 11.3 Å². The summed E-state index contributed by atoms with van der Waals surface area (Å²) >= 11 is 4.83. The van der Waals surface area contributed by atoms with E-state index < -0.39 is 0 Å². The van der Waals surface area contributed by atoms with Crippen molar-refractivity contribution < 1.29 is 4.79 Å². The number of amides is 1. The highest BCUT2D eigenvalue weighted by atomic mass is 79.9. The Kier molecular flexibility index (Phi) is 5.26. The Morgan fingerprint density at radius 3 is 2.86 bits per heavy atom. The van der Waals surface area contributed by atoms with Crippen LogP contribution in [-0.2, 0) is 4.79 Å². The standard InChI is InChI=1S/C15H12BrN3OS/c16-13-7-11(18)4-5-14(13)21-9-15(20)19-12-3-1-2-10(6-12)8-17/h1-7H,9,18H2,(H,19,20). The molecule has 0 heterocycles. The Labute approximate surface area is 135 Å². The Balaban J connectivity index is 1.94. The third-order valence-corrected chi connectivity index (χ3v) is 4.58. The van der Waals surface area contributed by atoms with E-state index in [1.807, 2.05) is 12.1 Å². The van der Waals surface area contributed by atoms with Crippen LogP contribution in [0.15, 0.2) is 51.8 Å². The molecule has 0 atom stereocenters. The minimum Gasteiger partial charge on any atom is -0.399 e. The molecule has 2 aromatic carbocycles. The van der Waals surface area contributed by atoms with Crippen LogP contribution >= 0.6 is 27.7 Å². The summed E-state index contributed by atoms with van der Waals surface area (Å²) in [5.41, 5.74) is 7.48. The van der Waals surface area contributed by atoms with Gasteiger partial charge < -0.3 is 11.1 Å². The first-order chi connectivity index (χ1) is 10.1. The van der Waals surface area contributed by atoms with Crippen LogP contribution < -0.4 is 11.1 Å². The van der Waals surface area contributed by atoms with Gasteiger partial charge in [-0.3, -0.25) is 4.79 Å². The summed E-state index contributed by atoms with van der Waals surface area (Å²) < 4.78 is 0.867. The van der Waals surface area contributed by atoms with Crippen LogP contribution in [0.3, 0.4) is 0 Å². The van der Waals surface area contributed by atoms with Crippen LogP contribution in [0.1, 0.15) is 5.56 Å². The van der Waals surface area contributed by atoms with Gasteiger partial charge in [-0.05, 0) is 52.3 Å². The highest BCUT2D eigenvalue weighted by Gasteiger charge is 2.07. The summed E-state index contributed by atoms with van der Waals surface area (Å²) in [5, 5.41) is 11.6. The van der Waals surface area contributed by atoms with Gasteiger partial charge in [-0.1, -0.05) is 6.07 Å². The van der Waals surface area contributed by atoms with Crippen molar-refractivity contribution in [1.29, 1.82) is 5.26 Å². The lowest BCUT2D eigenvalue weighted by Crippen LogP contribution is -2.14. The van der Waals surface area contributed by atoms with E-state index in [1.54, 1.807) is 36.4 Å².